The Morgan fingerprint density at radius 3 is 2.53 bits per heavy atom. The summed E-state index contributed by atoms with van der Waals surface area (Å²) in [5, 5.41) is 0. The van der Waals surface area contributed by atoms with Crippen molar-refractivity contribution in [1.82, 2.24) is 0 Å². The molecule has 0 spiro atoms. The van der Waals surface area contributed by atoms with Gasteiger partial charge < -0.3 is 10.5 Å². The quantitative estimate of drug-likeness (QED) is 0.888. The number of methoxy groups -OCH3 is 1. The van der Waals surface area contributed by atoms with E-state index >= 15 is 0 Å². The van der Waals surface area contributed by atoms with Crippen molar-refractivity contribution >= 4 is 0 Å². The number of allylic oxidation sites excluding steroid dienone is 2. The number of ether oxygens (including phenoxy) is 1. The van der Waals surface area contributed by atoms with Crippen molar-refractivity contribution in [2.24, 2.45) is 5.73 Å². The number of nitrogens with two attached hydrogens (primary N) is 1. The molecule has 0 bridgehead atoms. The van der Waals surface area contributed by atoms with E-state index in [1.54, 1.807) is 19.1 Å². The molecule has 1 rings (SSSR count). The van der Waals surface area contributed by atoms with Gasteiger partial charge in [0.2, 0.25) is 0 Å². The molecule has 0 saturated carbocycles. The first-order valence-electron chi connectivity index (χ1n) is 5.01. The van der Waals surface area contributed by atoms with Crippen molar-refractivity contribution in [1.29, 1.82) is 0 Å². The van der Waals surface area contributed by atoms with Gasteiger partial charge in [-0.15, -0.1) is 0 Å². The summed E-state index contributed by atoms with van der Waals surface area (Å²) in [4.78, 5) is 0. The van der Waals surface area contributed by atoms with Crippen molar-refractivity contribution in [3.63, 3.8) is 0 Å². The summed E-state index contributed by atoms with van der Waals surface area (Å²) in [5.74, 6) is -0.172. The van der Waals surface area contributed by atoms with Crippen LogP contribution in [-0.2, 0) is 12.6 Å². The normalized spacial score (nSPS) is 12.6. The summed E-state index contributed by atoms with van der Waals surface area (Å²) in [6.07, 6.45) is -2.37. The summed E-state index contributed by atoms with van der Waals surface area (Å²) < 4.78 is 42.8. The highest BCUT2D eigenvalue weighted by Crippen LogP contribution is 2.36. The first-order valence-corrected chi connectivity index (χ1v) is 5.01. The number of alkyl halides is 3. The van der Waals surface area contributed by atoms with Crippen LogP contribution in [0.2, 0.25) is 0 Å². The largest absolute Gasteiger partial charge is 0.496 e. The van der Waals surface area contributed by atoms with E-state index < -0.39 is 11.7 Å². The number of hydrogen-bond acceptors (Lipinski definition) is 2. The number of rotatable bonds is 3. The van der Waals surface area contributed by atoms with Crippen LogP contribution in [-0.4, -0.2) is 7.11 Å². The molecule has 2 nitrogen and oxygen atoms in total. The predicted molar refractivity (Wildman–Crippen MR) is 59.6 cm³/mol. The number of halogens is 3. The van der Waals surface area contributed by atoms with Gasteiger partial charge in [0.05, 0.1) is 12.7 Å². The Balaban J connectivity index is 3.09. The molecule has 0 atom stereocenters. The van der Waals surface area contributed by atoms with Crippen molar-refractivity contribution in [2.75, 3.05) is 7.11 Å². The fourth-order valence-corrected chi connectivity index (χ4v) is 1.38. The monoisotopic (exact) mass is 245 g/mol. The van der Waals surface area contributed by atoms with Gasteiger partial charge >= 0.3 is 6.18 Å². The predicted octanol–water partition coefficient (Wildman–Crippen LogP) is 3.12. The Morgan fingerprint density at radius 2 is 2.06 bits per heavy atom. The second-order valence-electron chi connectivity index (χ2n) is 3.68. The minimum atomic E-state index is -4.41. The fourth-order valence-electron chi connectivity index (χ4n) is 1.38. The lowest BCUT2D eigenvalue weighted by Crippen LogP contribution is -2.08. The molecule has 0 aromatic heterocycles. The Hall–Kier alpha value is -1.65. The van der Waals surface area contributed by atoms with Crippen LogP contribution < -0.4 is 10.5 Å². The molecule has 0 aliphatic rings. The summed E-state index contributed by atoms with van der Waals surface area (Å²) >= 11 is 0. The highest BCUT2D eigenvalue weighted by atomic mass is 19.4. The molecule has 0 unspecified atom stereocenters. The molecule has 0 saturated heterocycles. The summed E-state index contributed by atoms with van der Waals surface area (Å²) in [5.41, 5.74) is 5.79. The molecular weight excluding hydrogens is 231 g/mol. The van der Waals surface area contributed by atoms with Crippen LogP contribution >= 0.6 is 0 Å². The number of benzene rings is 1. The summed E-state index contributed by atoms with van der Waals surface area (Å²) in [7, 11) is 1.22. The average Bonchev–Trinajstić information content (AvgIpc) is 2.24. The second-order valence-corrected chi connectivity index (χ2v) is 3.68. The zero-order valence-electron chi connectivity index (χ0n) is 9.64. The van der Waals surface area contributed by atoms with E-state index in [0.717, 1.165) is 6.07 Å². The van der Waals surface area contributed by atoms with Crippen molar-refractivity contribution in [2.45, 2.75) is 19.5 Å². The molecule has 1 aromatic carbocycles. The topological polar surface area (TPSA) is 35.2 Å². The first kappa shape index (κ1) is 13.4. The highest BCUT2D eigenvalue weighted by molar-refractivity contribution is 5.40. The standard InChI is InChI=1S/C12H14F3NO/c1-8(16)3-4-9-5-6-11(17-2)10(7-9)12(13,14)15/h3,5-7H,4,16H2,1-2H3/b8-3+. The molecule has 0 aliphatic carbocycles. The second kappa shape index (κ2) is 5.12. The molecule has 1 aromatic rings. The van der Waals surface area contributed by atoms with Gasteiger partial charge in [0, 0.05) is 5.70 Å². The zero-order valence-corrected chi connectivity index (χ0v) is 9.64. The van der Waals surface area contributed by atoms with Crippen molar-refractivity contribution in [3.05, 3.63) is 41.1 Å². The molecule has 5 heteroatoms. The van der Waals surface area contributed by atoms with Crippen LogP contribution in [0.25, 0.3) is 0 Å². The van der Waals surface area contributed by atoms with E-state index in [2.05, 4.69) is 0 Å². The summed E-state index contributed by atoms with van der Waals surface area (Å²) in [6, 6.07) is 3.99. The molecule has 0 radical (unpaired) electrons. The van der Waals surface area contributed by atoms with Gasteiger partial charge in [-0.25, -0.2) is 0 Å². The van der Waals surface area contributed by atoms with Crippen molar-refractivity contribution < 1.29 is 17.9 Å². The zero-order chi connectivity index (χ0) is 13.1. The minimum Gasteiger partial charge on any atom is -0.496 e. The van der Waals surface area contributed by atoms with Crippen molar-refractivity contribution in [3.8, 4) is 5.75 Å². The van der Waals surface area contributed by atoms with Gasteiger partial charge in [-0.3, -0.25) is 0 Å². The maximum atomic E-state index is 12.7. The molecule has 2 N–H and O–H groups in total. The molecule has 0 fully saturated rings. The lowest BCUT2D eigenvalue weighted by Gasteiger charge is -2.12. The molecule has 0 aliphatic heterocycles. The third-order valence-corrected chi connectivity index (χ3v) is 2.23. The van der Waals surface area contributed by atoms with Crippen LogP contribution in [0, 0.1) is 0 Å². The molecule has 94 valence electrons. The maximum absolute atomic E-state index is 12.7. The van der Waals surface area contributed by atoms with Crippen LogP contribution in [0.4, 0.5) is 13.2 Å². The van der Waals surface area contributed by atoms with Crippen LogP contribution in [0.1, 0.15) is 18.1 Å². The van der Waals surface area contributed by atoms with E-state index in [1.165, 1.54) is 13.2 Å². The lowest BCUT2D eigenvalue weighted by atomic mass is 10.1. The van der Waals surface area contributed by atoms with Gasteiger partial charge in [0.25, 0.3) is 0 Å². The average molecular weight is 245 g/mol. The molecular formula is C12H14F3NO. The minimum absolute atomic E-state index is 0.172. The van der Waals surface area contributed by atoms with Gasteiger partial charge in [0.15, 0.2) is 0 Å². The molecule has 0 heterocycles. The molecule has 17 heavy (non-hydrogen) atoms. The Kier molecular flexibility index (Phi) is 4.04. The third kappa shape index (κ3) is 3.69. The van der Waals surface area contributed by atoms with E-state index in [-0.39, 0.29) is 5.75 Å². The van der Waals surface area contributed by atoms with Gasteiger partial charge in [-0.05, 0) is 31.0 Å². The lowest BCUT2D eigenvalue weighted by molar-refractivity contribution is -0.138. The fraction of sp³-hybridized carbons (Fsp3) is 0.333. The van der Waals surface area contributed by atoms with Crippen LogP contribution in [0.5, 0.6) is 5.75 Å². The van der Waals surface area contributed by atoms with Gasteiger partial charge in [-0.2, -0.15) is 13.2 Å². The van der Waals surface area contributed by atoms with Crippen LogP contribution in [0.15, 0.2) is 30.0 Å². The SMILES string of the molecule is COc1ccc(C/C=C(\C)N)cc1C(F)(F)F. The smallest absolute Gasteiger partial charge is 0.419 e. The molecule has 0 amide bonds. The summed E-state index contributed by atoms with van der Waals surface area (Å²) in [6.45, 7) is 1.69. The Bertz CT molecular complexity index is 420. The van der Waals surface area contributed by atoms with E-state index in [0.29, 0.717) is 17.7 Å². The first-order chi connectivity index (χ1) is 7.84. The van der Waals surface area contributed by atoms with E-state index in [1.807, 2.05) is 0 Å². The third-order valence-electron chi connectivity index (χ3n) is 2.23. The maximum Gasteiger partial charge on any atom is 0.419 e. The van der Waals surface area contributed by atoms with Gasteiger partial charge in [-0.1, -0.05) is 12.1 Å². The highest BCUT2D eigenvalue weighted by Gasteiger charge is 2.34. The van der Waals surface area contributed by atoms with E-state index in [4.69, 9.17) is 10.5 Å². The van der Waals surface area contributed by atoms with E-state index in [9.17, 15) is 13.2 Å². The Labute approximate surface area is 97.9 Å². The Morgan fingerprint density at radius 1 is 1.41 bits per heavy atom. The number of hydrogen-bond donors (Lipinski definition) is 1. The van der Waals surface area contributed by atoms with Gasteiger partial charge in [0.1, 0.15) is 5.75 Å². The van der Waals surface area contributed by atoms with Crippen LogP contribution in [0.3, 0.4) is 0 Å².